The number of fused-ring (bicyclic) bond motifs is 2. The van der Waals surface area contributed by atoms with Gasteiger partial charge in [0.15, 0.2) is 19.7 Å². The molecule has 2 aliphatic heterocycles. The van der Waals surface area contributed by atoms with Gasteiger partial charge in [-0.3, -0.25) is 29.4 Å². The van der Waals surface area contributed by atoms with Crippen molar-refractivity contribution in [3.63, 3.8) is 0 Å². The summed E-state index contributed by atoms with van der Waals surface area (Å²) < 4.78 is 74.9. The molecule has 4 N–H and O–H groups in total. The van der Waals surface area contributed by atoms with Crippen LogP contribution in [0.4, 0.5) is 0 Å². The number of carboxylic acid groups (broad SMARTS) is 2. The van der Waals surface area contributed by atoms with E-state index in [0.29, 0.717) is 47.9 Å². The fourth-order valence-electron chi connectivity index (χ4n) is 10.7. The van der Waals surface area contributed by atoms with Gasteiger partial charge < -0.3 is 39.4 Å². The van der Waals surface area contributed by atoms with Crippen LogP contribution in [-0.4, -0.2) is 129 Å². The van der Waals surface area contributed by atoms with Gasteiger partial charge in [-0.1, -0.05) is 59.6 Å². The Bertz CT molecular complexity index is 3330. The lowest BCUT2D eigenvalue weighted by Crippen LogP contribution is -2.35. The van der Waals surface area contributed by atoms with Crippen LogP contribution < -0.4 is 18.9 Å². The summed E-state index contributed by atoms with van der Waals surface area (Å²) in [6.45, 7) is -0.0252. The molecule has 2 aliphatic carbocycles. The number of hydrogen-bond acceptors (Lipinski definition) is 18. The van der Waals surface area contributed by atoms with Crippen molar-refractivity contribution in [3.8, 4) is 34.6 Å². The second-order valence-corrected chi connectivity index (χ2v) is 24.9. The number of hydrogen-bond donors (Lipinski definition) is 4. The molecule has 0 bridgehead atoms. The van der Waals surface area contributed by atoms with E-state index in [0.717, 1.165) is 45.9 Å². The summed E-state index contributed by atoms with van der Waals surface area (Å²) in [6.07, 6.45) is 7.49. The minimum Gasteiger partial charge on any atom is -0.480 e. The molecule has 4 aliphatic rings. The number of halogens is 2. The van der Waals surface area contributed by atoms with Crippen molar-refractivity contribution in [2.45, 2.75) is 111 Å². The van der Waals surface area contributed by atoms with Gasteiger partial charge in [0.25, 0.3) is 0 Å². The summed E-state index contributed by atoms with van der Waals surface area (Å²) >= 11 is 13.9. The number of rotatable bonds is 19. The number of sulfone groups is 2. The number of carbonyl (C=O) groups is 2. The van der Waals surface area contributed by atoms with Gasteiger partial charge in [0.05, 0.1) is 22.0 Å². The Morgan fingerprint density at radius 1 is 0.615 bits per heavy atom. The smallest absolute Gasteiger partial charge is 0.321 e. The van der Waals surface area contributed by atoms with Crippen LogP contribution >= 0.6 is 23.2 Å². The van der Waals surface area contributed by atoms with E-state index in [-0.39, 0.29) is 95.6 Å². The van der Waals surface area contributed by atoms with E-state index in [2.05, 4.69) is 22.1 Å². The van der Waals surface area contributed by atoms with Crippen LogP contribution in [0.15, 0.2) is 95.2 Å². The first-order valence-electron chi connectivity index (χ1n) is 25.0. The molecule has 6 atom stereocenters. The molecule has 24 heteroatoms. The third-order valence-electron chi connectivity index (χ3n) is 14.4. The van der Waals surface area contributed by atoms with Gasteiger partial charge in [0, 0.05) is 98.6 Å². The van der Waals surface area contributed by atoms with E-state index >= 15 is 0 Å². The lowest BCUT2D eigenvalue weighted by atomic mass is 9.91. The normalized spacial score (nSPS) is 21.3. The number of aliphatic carboxylic acids is 2. The van der Waals surface area contributed by atoms with Gasteiger partial charge in [0.1, 0.15) is 47.6 Å². The monoisotopic (exact) mass is 1140 g/mol. The average molecular weight is 1150 g/mol. The third kappa shape index (κ3) is 11.9. The van der Waals surface area contributed by atoms with Crippen LogP contribution in [-0.2, 0) is 68.4 Å². The van der Waals surface area contributed by atoms with E-state index < -0.39 is 68.1 Å². The second kappa shape index (κ2) is 22.3. The molecule has 0 radical (unpaired) electrons. The third-order valence-corrected chi connectivity index (χ3v) is 17.1. The summed E-state index contributed by atoms with van der Waals surface area (Å²) in [5.41, 5.74) is 7.78. The maximum Gasteiger partial charge on any atom is 0.321 e. The van der Waals surface area contributed by atoms with Crippen LogP contribution in [0.2, 0.25) is 10.0 Å². The van der Waals surface area contributed by atoms with Gasteiger partial charge in [-0.25, -0.2) is 16.8 Å². The highest BCUT2D eigenvalue weighted by Crippen LogP contribution is 2.47. The Hall–Kier alpha value is -6.50. The molecule has 0 spiro atoms. The summed E-state index contributed by atoms with van der Waals surface area (Å²) in [7, 11) is -7.14. The molecular weight excluding hydrogens is 1090 g/mol. The number of β-amino-alcohol motifs (C(OH)–C–C–N with tert-alkyl or cyclic N) is 2. The van der Waals surface area contributed by atoms with Crippen molar-refractivity contribution >= 4 is 54.8 Å². The molecule has 6 heterocycles. The second-order valence-electron chi connectivity index (χ2n) is 20.0. The fourth-order valence-corrected chi connectivity index (χ4v) is 12.4. The van der Waals surface area contributed by atoms with Crippen molar-refractivity contribution in [2.75, 3.05) is 25.6 Å². The molecule has 78 heavy (non-hydrogen) atoms. The zero-order valence-electron chi connectivity index (χ0n) is 42.2. The lowest BCUT2D eigenvalue weighted by Gasteiger charge is -2.23. The fraction of sp³-hybridized carbons (Fsp3) is 0.370. The van der Waals surface area contributed by atoms with E-state index in [1.807, 2.05) is 24.3 Å². The first kappa shape index (κ1) is 54.8. The first-order chi connectivity index (χ1) is 37.2. The zero-order chi connectivity index (χ0) is 55.2. The average Bonchev–Trinajstić information content (AvgIpc) is 4.33. The zero-order valence-corrected chi connectivity index (χ0v) is 45.3. The molecule has 4 aromatic heterocycles. The molecule has 2 fully saturated rings. The topological polar surface area (TPSA) is 278 Å². The van der Waals surface area contributed by atoms with Gasteiger partial charge in [0.2, 0.25) is 23.5 Å². The number of pyridine rings is 4. The number of aliphatic hydroxyl groups excluding tert-OH is 2. The Balaban J connectivity index is 0.906. The first-order valence-corrected chi connectivity index (χ1v) is 29.5. The van der Waals surface area contributed by atoms with E-state index in [1.165, 1.54) is 36.9 Å². The number of benzene rings is 2. The maximum atomic E-state index is 12.3. The molecule has 10 rings (SSSR count). The molecule has 0 amide bonds. The molecule has 0 unspecified atom stereocenters. The Morgan fingerprint density at radius 2 is 1.03 bits per heavy atom. The summed E-state index contributed by atoms with van der Waals surface area (Å²) in [6, 6.07) is 16.3. The van der Waals surface area contributed by atoms with Crippen molar-refractivity contribution in [2.24, 2.45) is 0 Å². The predicted octanol–water partition coefficient (Wildman–Crippen LogP) is 6.38. The molecule has 6 aromatic rings. The summed E-state index contributed by atoms with van der Waals surface area (Å²) in [5, 5.41) is 41.0. The van der Waals surface area contributed by atoms with Gasteiger partial charge >= 0.3 is 11.9 Å². The van der Waals surface area contributed by atoms with Crippen molar-refractivity contribution < 1.29 is 65.8 Å². The van der Waals surface area contributed by atoms with Gasteiger partial charge in [-0.15, -0.1) is 0 Å². The standard InChI is InChI=1S/C54H54Cl2N6O14S2/c1-77(69,70)35-13-29(19-57-21-35)27-73-49-31(23-61-25-33(63)17-45(61)53(65)66)15-43(55)51(59-49)75-47-11-9-39-37(5-3-7-41(39)47)38-6-4-8-42-40(38)10-12-48(42)76-52-44(56)16-32(24-62-26-34(64)18-46(62)54(67)68)50(60-52)74-28-30-14-36(22-58-20-30)78(2,71)72/h3-8,13-16,19-22,33-34,45-48,63-64H,9-12,17-18,23-28H2,1-2H3,(H,65,66)(H,67,68)/t33-,34-,45-,46-,47-,48-/m0/s1. The van der Waals surface area contributed by atoms with Crippen molar-refractivity contribution in [3.05, 3.63) is 140 Å². The Morgan fingerprint density at radius 3 is 1.41 bits per heavy atom. The van der Waals surface area contributed by atoms with Crippen LogP contribution in [0.5, 0.6) is 23.5 Å². The highest BCUT2D eigenvalue weighted by atomic mass is 35.5. The van der Waals surface area contributed by atoms with Crippen molar-refractivity contribution in [1.82, 2.24) is 29.7 Å². The molecule has 0 saturated carbocycles. The molecule has 2 aromatic carbocycles. The quantitative estimate of drug-likeness (QED) is 0.0685. The Kier molecular flexibility index (Phi) is 15.7. The SMILES string of the molecule is CS(=O)(=O)c1cncc(COc2nc(O[C@H]3CCc4c(-c5cccc6c5CC[C@@H]6Oc5nc(OCc6cncc(S(C)(=O)=O)c6)c(CN6C[C@@H](O)C[C@H]6C(=O)O)cc5Cl)cccc43)c(Cl)cc2CN2C[C@@H](O)C[C@H]2C(=O)O)c1. The van der Waals surface area contributed by atoms with Crippen molar-refractivity contribution in [1.29, 1.82) is 0 Å². The summed E-state index contributed by atoms with van der Waals surface area (Å²) in [4.78, 5) is 45.2. The van der Waals surface area contributed by atoms with Gasteiger partial charge in [-0.05, 0) is 83.3 Å². The highest BCUT2D eigenvalue weighted by Gasteiger charge is 2.39. The van der Waals surface area contributed by atoms with E-state index in [1.54, 1.807) is 21.9 Å². The van der Waals surface area contributed by atoms with Crippen LogP contribution in [0, 0.1) is 0 Å². The van der Waals surface area contributed by atoms with Crippen LogP contribution in [0.25, 0.3) is 11.1 Å². The number of nitrogens with zero attached hydrogens (tertiary/aromatic N) is 6. The minimum atomic E-state index is -3.57. The van der Waals surface area contributed by atoms with Crippen LogP contribution in [0.3, 0.4) is 0 Å². The molecule has 410 valence electrons. The van der Waals surface area contributed by atoms with E-state index in [4.69, 9.17) is 52.1 Å². The largest absolute Gasteiger partial charge is 0.480 e. The number of carboxylic acids is 2. The number of aliphatic hydroxyl groups is 2. The molecule has 20 nitrogen and oxygen atoms in total. The number of ether oxygens (including phenoxy) is 4. The van der Waals surface area contributed by atoms with Gasteiger partial charge in [-0.2, -0.15) is 9.97 Å². The number of likely N-dealkylation sites (tertiary alicyclic amines) is 2. The van der Waals surface area contributed by atoms with Crippen LogP contribution in [0.1, 0.15) is 82.4 Å². The lowest BCUT2D eigenvalue weighted by molar-refractivity contribution is -0.143. The van der Waals surface area contributed by atoms with E-state index in [9.17, 15) is 46.9 Å². The number of aromatic nitrogens is 4. The molecule has 2 saturated heterocycles. The predicted molar refractivity (Wildman–Crippen MR) is 282 cm³/mol. The Labute approximate surface area is 459 Å². The summed E-state index contributed by atoms with van der Waals surface area (Å²) in [5.74, 6) is -1.86. The maximum absolute atomic E-state index is 12.3. The minimum absolute atomic E-state index is 0.00942. The highest BCUT2D eigenvalue weighted by molar-refractivity contribution is 7.91. The molecular formula is C54H54Cl2N6O14S2.